The monoisotopic (exact) mass is 358 g/mol. The number of rotatable bonds is 2. The Morgan fingerprint density at radius 2 is 2.00 bits per heavy atom. The minimum Gasteiger partial charge on any atom is -0.336 e. The van der Waals surface area contributed by atoms with Gasteiger partial charge in [0, 0.05) is 10.7 Å². The Morgan fingerprint density at radius 3 is 2.71 bits per heavy atom. The molecular weight excluding hydrogens is 351 g/mol. The zero-order valence-electron chi connectivity index (χ0n) is 8.97. The zero-order valence-corrected chi connectivity index (χ0v) is 12.1. The van der Waals surface area contributed by atoms with Crippen molar-refractivity contribution in [1.82, 2.24) is 4.98 Å². The highest BCUT2D eigenvalue weighted by Gasteiger charge is 2.10. The van der Waals surface area contributed by atoms with Crippen LogP contribution in [-0.2, 0) is 0 Å². The lowest BCUT2D eigenvalue weighted by Crippen LogP contribution is -1.99. The van der Waals surface area contributed by atoms with E-state index in [9.17, 15) is 4.39 Å². The molecule has 0 amide bonds. The smallest absolute Gasteiger partial charge is 0.147 e. The maximum Gasteiger partial charge on any atom is 0.147 e. The maximum absolute atomic E-state index is 13.6. The van der Waals surface area contributed by atoms with E-state index < -0.39 is 0 Å². The van der Waals surface area contributed by atoms with Crippen LogP contribution in [0.2, 0.25) is 0 Å². The average Bonchev–Trinajstić information content (AvgIpc) is 2.29. The predicted octanol–water partition coefficient (Wildman–Crippen LogP) is 4.80. The van der Waals surface area contributed by atoms with E-state index in [0.29, 0.717) is 16.0 Å². The predicted molar refractivity (Wildman–Crippen MR) is 74.1 cm³/mol. The number of pyridine rings is 1. The Bertz CT molecular complexity index is 538. The van der Waals surface area contributed by atoms with Gasteiger partial charge in [0.05, 0.1) is 10.2 Å². The number of anilines is 2. The van der Waals surface area contributed by atoms with Gasteiger partial charge in [-0.15, -0.1) is 0 Å². The Kier molecular flexibility index (Phi) is 3.79. The third kappa shape index (κ3) is 2.66. The molecule has 1 aromatic heterocycles. The molecule has 0 saturated heterocycles. The molecule has 2 aromatic rings. The van der Waals surface area contributed by atoms with Crippen molar-refractivity contribution in [1.29, 1.82) is 0 Å². The fourth-order valence-electron chi connectivity index (χ4n) is 1.36. The van der Waals surface area contributed by atoms with Crippen LogP contribution in [0.5, 0.6) is 0 Å². The van der Waals surface area contributed by atoms with Gasteiger partial charge in [-0.25, -0.2) is 9.37 Å². The van der Waals surface area contributed by atoms with Crippen molar-refractivity contribution < 1.29 is 4.39 Å². The van der Waals surface area contributed by atoms with Gasteiger partial charge in [0.25, 0.3) is 0 Å². The van der Waals surface area contributed by atoms with E-state index in [1.165, 1.54) is 6.07 Å². The summed E-state index contributed by atoms with van der Waals surface area (Å²) in [4.78, 5) is 4.17. The highest BCUT2D eigenvalue weighted by Crippen LogP contribution is 2.31. The molecule has 0 aliphatic heterocycles. The minimum atomic E-state index is -0.324. The molecule has 2 rings (SSSR count). The quantitative estimate of drug-likeness (QED) is 0.833. The molecular formula is C12H9Br2FN2. The second-order valence-electron chi connectivity index (χ2n) is 3.51. The summed E-state index contributed by atoms with van der Waals surface area (Å²) in [5.41, 5.74) is 1.42. The summed E-state index contributed by atoms with van der Waals surface area (Å²) in [6, 6.07) is 6.70. The fourth-order valence-corrected chi connectivity index (χ4v) is 2.14. The average molecular weight is 360 g/mol. The van der Waals surface area contributed by atoms with E-state index in [2.05, 4.69) is 42.2 Å². The van der Waals surface area contributed by atoms with Gasteiger partial charge in [-0.2, -0.15) is 0 Å². The van der Waals surface area contributed by atoms with Crippen LogP contribution in [0.1, 0.15) is 5.56 Å². The Morgan fingerprint density at radius 1 is 1.24 bits per heavy atom. The second-order valence-corrected chi connectivity index (χ2v) is 5.16. The van der Waals surface area contributed by atoms with Crippen molar-refractivity contribution in [2.45, 2.75) is 6.92 Å². The summed E-state index contributed by atoms with van der Waals surface area (Å²) in [5.74, 6) is 0.269. The highest BCUT2D eigenvalue weighted by atomic mass is 79.9. The van der Waals surface area contributed by atoms with E-state index >= 15 is 0 Å². The molecule has 0 atom stereocenters. The molecule has 0 saturated carbocycles. The molecule has 0 aliphatic carbocycles. The Hall–Kier alpha value is -0.940. The van der Waals surface area contributed by atoms with Gasteiger partial charge in [-0.05, 0) is 62.5 Å². The van der Waals surface area contributed by atoms with Crippen molar-refractivity contribution in [3.63, 3.8) is 0 Å². The SMILES string of the molecule is Cc1ccnc(Nc2c(F)cccc2Br)c1Br. The molecule has 0 unspecified atom stereocenters. The first-order chi connectivity index (χ1) is 8.09. The number of aryl methyl sites for hydroxylation is 1. The number of para-hydroxylation sites is 1. The first-order valence-electron chi connectivity index (χ1n) is 4.91. The maximum atomic E-state index is 13.6. The Labute approximate surface area is 116 Å². The number of hydrogen-bond donors (Lipinski definition) is 1. The summed E-state index contributed by atoms with van der Waals surface area (Å²) in [6.45, 7) is 1.95. The standard InChI is InChI=1S/C12H9Br2FN2/c1-7-5-6-16-12(10(7)14)17-11-8(13)3-2-4-9(11)15/h2-6H,1H3,(H,16,17). The topological polar surface area (TPSA) is 24.9 Å². The van der Waals surface area contributed by atoms with Crippen molar-refractivity contribution in [3.8, 4) is 0 Å². The van der Waals surface area contributed by atoms with Crippen LogP contribution in [0, 0.1) is 12.7 Å². The first kappa shape index (κ1) is 12.5. The number of nitrogens with zero attached hydrogens (tertiary/aromatic N) is 1. The van der Waals surface area contributed by atoms with Gasteiger partial charge in [0.1, 0.15) is 11.6 Å². The molecule has 88 valence electrons. The van der Waals surface area contributed by atoms with Gasteiger partial charge < -0.3 is 5.32 Å². The lowest BCUT2D eigenvalue weighted by Gasteiger charge is -2.11. The largest absolute Gasteiger partial charge is 0.336 e. The van der Waals surface area contributed by atoms with Gasteiger partial charge in [0.2, 0.25) is 0 Å². The van der Waals surface area contributed by atoms with E-state index in [0.717, 1.165) is 10.0 Å². The van der Waals surface area contributed by atoms with Crippen molar-refractivity contribution in [2.24, 2.45) is 0 Å². The Balaban J connectivity index is 2.42. The van der Waals surface area contributed by atoms with Gasteiger partial charge >= 0.3 is 0 Å². The van der Waals surface area contributed by atoms with Crippen LogP contribution in [0.25, 0.3) is 0 Å². The zero-order chi connectivity index (χ0) is 12.4. The second kappa shape index (κ2) is 5.14. The van der Waals surface area contributed by atoms with E-state index in [4.69, 9.17) is 0 Å². The third-order valence-electron chi connectivity index (χ3n) is 2.29. The van der Waals surface area contributed by atoms with Gasteiger partial charge in [-0.3, -0.25) is 0 Å². The summed E-state index contributed by atoms with van der Waals surface area (Å²) in [5, 5.41) is 2.97. The van der Waals surface area contributed by atoms with Crippen LogP contribution in [-0.4, -0.2) is 4.98 Å². The number of halogens is 3. The van der Waals surface area contributed by atoms with Crippen LogP contribution in [0.3, 0.4) is 0 Å². The van der Waals surface area contributed by atoms with E-state index in [1.807, 2.05) is 13.0 Å². The molecule has 5 heteroatoms. The molecule has 0 radical (unpaired) electrons. The van der Waals surface area contributed by atoms with Gasteiger partial charge in [0.15, 0.2) is 0 Å². The molecule has 0 aliphatic rings. The molecule has 1 aromatic carbocycles. The molecule has 0 bridgehead atoms. The summed E-state index contributed by atoms with van der Waals surface area (Å²) < 4.78 is 15.1. The lowest BCUT2D eigenvalue weighted by atomic mass is 10.2. The number of aromatic nitrogens is 1. The van der Waals surface area contributed by atoms with Crippen LogP contribution < -0.4 is 5.32 Å². The summed E-state index contributed by atoms with van der Waals surface area (Å²) in [7, 11) is 0. The van der Waals surface area contributed by atoms with Crippen LogP contribution in [0.4, 0.5) is 15.9 Å². The summed E-state index contributed by atoms with van der Waals surface area (Å²) in [6.07, 6.45) is 1.68. The molecule has 2 nitrogen and oxygen atoms in total. The molecule has 1 N–H and O–H groups in total. The van der Waals surface area contributed by atoms with Crippen LogP contribution >= 0.6 is 31.9 Å². The highest BCUT2D eigenvalue weighted by molar-refractivity contribution is 9.11. The molecule has 0 fully saturated rings. The lowest BCUT2D eigenvalue weighted by molar-refractivity contribution is 0.631. The normalized spacial score (nSPS) is 10.4. The first-order valence-corrected chi connectivity index (χ1v) is 6.50. The van der Waals surface area contributed by atoms with Gasteiger partial charge in [-0.1, -0.05) is 6.07 Å². The molecule has 17 heavy (non-hydrogen) atoms. The third-order valence-corrected chi connectivity index (χ3v) is 3.95. The van der Waals surface area contributed by atoms with Crippen molar-refractivity contribution >= 4 is 43.4 Å². The van der Waals surface area contributed by atoms with E-state index in [-0.39, 0.29) is 5.82 Å². The summed E-state index contributed by atoms with van der Waals surface area (Å²) >= 11 is 6.73. The number of nitrogens with one attached hydrogen (secondary N) is 1. The van der Waals surface area contributed by atoms with Crippen molar-refractivity contribution in [2.75, 3.05) is 5.32 Å². The van der Waals surface area contributed by atoms with Crippen molar-refractivity contribution in [3.05, 3.63) is 50.8 Å². The number of benzene rings is 1. The molecule has 0 spiro atoms. The molecule has 1 heterocycles. The minimum absolute atomic E-state index is 0.324. The fraction of sp³-hybridized carbons (Fsp3) is 0.0833. The van der Waals surface area contributed by atoms with Crippen LogP contribution in [0.15, 0.2) is 39.4 Å². The van der Waals surface area contributed by atoms with E-state index in [1.54, 1.807) is 18.3 Å². The number of hydrogen-bond acceptors (Lipinski definition) is 2.